The molecule has 0 radical (unpaired) electrons. The van der Waals surface area contributed by atoms with E-state index in [-0.39, 0.29) is 17.1 Å². The number of aliphatic carboxylic acids is 1. The van der Waals surface area contributed by atoms with Crippen LogP contribution in [-0.4, -0.2) is 42.8 Å². The second-order valence-corrected chi connectivity index (χ2v) is 5.86. The topological polar surface area (TPSA) is 69.6 Å². The van der Waals surface area contributed by atoms with Crippen molar-refractivity contribution in [1.29, 1.82) is 0 Å². The number of carbonyl (C=O) groups excluding carboxylic acids is 1. The Labute approximate surface area is 135 Å². The molecule has 1 aromatic rings. The fourth-order valence-corrected chi connectivity index (χ4v) is 2.83. The van der Waals surface area contributed by atoms with E-state index in [2.05, 4.69) is 5.32 Å². The van der Waals surface area contributed by atoms with Crippen LogP contribution in [0.2, 0.25) is 0 Å². The first kappa shape index (κ1) is 18.2. The van der Waals surface area contributed by atoms with Gasteiger partial charge in [-0.05, 0) is 37.2 Å². The lowest BCUT2D eigenvalue weighted by molar-refractivity contribution is -0.192. The molecule has 1 aromatic carbocycles. The van der Waals surface area contributed by atoms with Gasteiger partial charge in [0.1, 0.15) is 5.82 Å². The van der Waals surface area contributed by atoms with E-state index in [9.17, 15) is 22.4 Å². The number of carboxylic acid groups (broad SMARTS) is 1. The van der Waals surface area contributed by atoms with Crippen molar-refractivity contribution in [2.75, 3.05) is 24.5 Å². The molecule has 2 heterocycles. The van der Waals surface area contributed by atoms with E-state index in [1.54, 1.807) is 17.0 Å². The zero-order valence-corrected chi connectivity index (χ0v) is 12.6. The number of hydrogen-bond acceptors (Lipinski definition) is 3. The molecule has 9 heteroatoms. The van der Waals surface area contributed by atoms with Crippen molar-refractivity contribution >= 4 is 17.6 Å². The number of anilines is 1. The van der Waals surface area contributed by atoms with Gasteiger partial charge in [0, 0.05) is 30.6 Å². The number of amides is 1. The van der Waals surface area contributed by atoms with E-state index < -0.39 is 12.1 Å². The maximum absolute atomic E-state index is 12.9. The van der Waals surface area contributed by atoms with Gasteiger partial charge in [-0.2, -0.15) is 13.2 Å². The van der Waals surface area contributed by atoms with Crippen molar-refractivity contribution in [3.8, 4) is 0 Å². The summed E-state index contributed by atoms with van der Waals surface area (Å²) < 4.78 is 44.6. The molecule has 2 aliphatic rings. The van der Waals surface area contributed by atoms with Crippen molar-refractivity contribution < 1.29 is 32.3 Å². The van der Waals surface area contributed by atoms with Gasteiger partial charge < -0.3 is 15.3 Å². The summed E-state index contributed by atoms with van der Waals surface area (Å²) in [6.07, 6.45) is -3.42. The zero-order valence-electron chi connectivity index (χ0n) is 12.6. The molecule has 1 atom stereocenters. The summed E-state index contributed by atoms with van der Waals surface area (Å²) in [5, 5.41) is 10.4. The number of carbonyl (C=O) groups is 2. The lowest BCUT2D eigenvalue weighted by atomic mass is 9.86. The lowest BCUT2D eigenvalue weighted by Crippen LogP contribution is -2.29. The number of nitrogens with one attached hydrogen (secondary N) is 1. The largest absolute Gasteiger partial charge is 0.490 e. The molecular weight excluding hydrogens is 332 g/mol. The Bertz CT molecular complexity index is 610. The number of nitrogens with zero attached hydrogens (tertiary/aromatic N) is 1. The lowest BCUT2D eigenvalue weighted by Gasteiger charge is -2.22. The average molecular weight is 348 g/mol. The summed E-state index contributed by atoms with van der Waals surface area (Å²) in [4.78, 5) is 22.7. The molecule has 2 N–H and O–H groups in total. The molecule has 2 fully saturated rings. The minimum atomic E-state index is -5.08. The second-order valence-electron chi connectivity index (χ2n) is 5.86. The minimum Gasteiger partial charge on any atom is -0.475 e. The maximum Gasteiger partial charge on any atom is 0.490 e. The van der Waals surface area contributed by atoms with Gasteiger partial charge in [0.05, 0.1) is 0 Å². The predicted molar refractivity (Wildman–Crippen MR) is 77.0 cm³/mol. The van der Waals surface area contributed by atoms with E-state index in [1.165, 1.54) is 12.1 Å². The van der Waals surface area contributed by atoms with Crippen LogP contribution in [0.25, 0.3) is 0 Å². The van der Waals surface area contributed by atoms with Crippen molar-refractivity contribution in [3.05, 3.63) is 30.1 Å². The smallest absolute Gasteiger partial charge is 0.475 e. The quantitative estimate of drug-likeness (QED) is 0.764. The predicted octanol–water partition coefficient (Wildman–Crippen LogP) is 2.18. The molecule has 1 spiro atoms. The maximum atomic E-state index is 12.9. The van der Waals surface area contributed by atoms with Crippen LogP contribution in [0.3, 0.4) is 0 Å². The van der Waals surface area contributed by atoms with Crippen molar-refractivity contribution in [1.82, 2.24) is 5.32 Å². The third kappa shape index (κ3) is 4.22. The molecule has 1 unspecified atom stereocenters. The highest BCUT2D eigenvalue weighted by atomic mass is 19.4. The number of benzene rings is 1. The molecule has 0 aromatic heterocycles. The van der Waals surface area contributed by atoms with Crippen LogP contribution in [0.15, 0.2) is 24.3 Å². The summed E-state index contributed by atoms with van der Waals surface area (Å²) in [5.41, 5.74) is 0.908. The van der Waals surface area contributed by atoms with Crippen LogP contribution in [0.4, 0.5) is 23.2 Å². The van der Waals surface area contributed by atoms with Crippen molar-refractivity contribution in [3.63, 3.8) is 0 Å². The highest BCUT2D eigenvalue weighted by Crippen LogP contribution is 2.38. The van der Waals surface area contributed by atoms with Gasteiger partial charge in [0.2, 0.25) is 5.91 Å². The molecule has 2 aliphatic heterocycles. The van der Waals surface area contributed by atoms with Gasteiger partial charge in [0.15, 0.2) is 0 Å². The molecule has 132 valence electrons. The third-order valence-corrected chi connectivity index (χ3v) is 4.03. The standard InChI is InChI=1S/C13H15FN2O.C2HF3O2/c14-10-1-3-11(4-2-10)16-9-13(7-12(16)17)5-6-15-8-13;3-2(4,5)1(6)7/h1-4,15H,5-9H2;(H,6,7). The summed E-state index contributed by atoms with van der Waals surface area (Å²) >= 11 is 0. The fraction of sp³-hybridized carbons (Fsp3) is 0.467. The van der Waals surface area contributed by atoms with Gasteiger partial charge in [-0.25, -0.2) is 9.18 Å². The van der Waals surface area contributed by atoms with Gasteiger partial charge in [-0.15, -0.1) is 0 Å². The molecule has 2 saturated heterocycles. The number of carboxylic acids is 1. The SMILES string of the molecule is O=C(O)C(F)(F)F.O=C1CC2(CCNC2)CN1c1ccc(F)cc1. The van der Waals surface area contributed by atoms with Gasteiger partial charge >= 0.3 is 12.1 Å². The monoisotopic (exact) mass is 348 g/mol. The van der Waals surface area contributed by atoms with Crippen LogP contribution < -0.4 is 10.2 Å². The molecule has 24 heavy (non-hydrogen) atoms. The Morgan fingerprint density at radius 2 is 1.83 bits per heavy atom. The summed E-state index contributed by atoms with van der Waals surface area (Å²) in [6, 6.07) is 6.16. The molecule has 3 rings (SSSR count). The third-order valence-electron chi connectivity index (χ3n) is 4.03. The minimum absolute atomic E-state index is 0.103. The van der Waals surface area contributed by atoms with Crippen molar-refractivity contribution in [2.24, 2.45) is 5.41 Å². The molecule has 0 saturated carbocycles. The molecule has 0 aliphatic carbocycles. The summed E-state index contributed by atoms with van der Waals surface area (Å²) in [7, 11) is 0. The molecular formula is C15H16F4N2O3. The average Bonchev–Trinajstić information content (AvgIpc) is 3.07. The Morgan fingerprint density at radius 3 is 2.29 bits per heavy atom. The first-order valence-electron chi connectivity index (χ1n) is 7.20. The number of rotatable bonds is 1. The fourth-order valence-electron chi connectivity index (χ4n) is 2.83. The zero-order chi connectivity index (χ0) is 18.0. The summed E-state index contributed by atoms with van der Waals surface area (Å²) in [5.74, 6) is -2.87. The van der Waals surface area contributed by atoms with Crippen LogP contribution in [-0.2, 0) is 9.59 Å². The Kier molecular flexibility index (Phi) is 5.12. The normalized spacial score (nSPS) is 23.3. The number of alkyl halides is 3. The van der Waals surface area contributed by atoms with Gasteiger partial charge in [-0.1, -0.05) is 0 Å². The van der Waals surface area contributed by atoms with E-state index in [0.717, 1.165) is 31.7 Å². The van der Waals surface area contributed by atoms with E-state index in [1.807, 2.05) is 0 Å². The van der Waals surface area contributed by atoms with Gasteiger partial charge in [-0.3, -0.25) is 4.79 Å². The van der Waals surface area contributed by atoms with Crippen LogP contribution in [0.1, 0.15) is 12.8 Å². The number of halogens is 4. The van der Waals surface area contributed by atoms with Crippen LogP contribution >= 0.6 is 0 Å². The van der Waals surface area contributed by atoms with E-state index in [0.29, 0.717) is 6.42 Å². The molecule has 1 amide bonds. The van der Waals surface area contributed by atoms with Crippen LogP contribution in [0.5, 0.6) is 0 Å². The second kappa shape index (κ2) is 6.76. The summed E-state index contributed by atoms with van der Waals surface area (Å²) in [6.45, 7) is 2.66. The van der Waals surface area contributed by atoms with Crippen molar-refractivity contribution in [2.45, 2.75) is 19.0 Å². The molecule has 5 nitrogen and oxygen atoms in total. The van der Waals surface area contributed by atoms with E-state index >= 15 is 0 Å². The first-order valence-corrected chi connectivity index (χ1v) is 7.20. The Morgan fingerprint density at radius 1 is 1.25 bits per heavy atom. The number of hydrogen-bond donors (Lipinski definition) is 2. The molecule has 0 bridgehead atoms. The van der Waals surface area contributed by atoms with E-state index in [4.69, 9.17) is 9.90 Å². The Balaban J connectivity index is 0.000000256. The highest BCUT2D eigenvalue weighted by molar-refractivity contribution is 5.96. The van der Waals surface area contributed by atoms with Crippen LogP contribution in [0, 0.1) is 11.2 Å². The van der Waals surface area contributed by atoms with Gasteiger partial charge in [0.25, 0.3) is 0 Å². The highest BCUT2D eigenvalue weighted by Gasteiger charge is 2.45. The first-order chi connectivity index (χ1) is 11.1. The Hall–Kier alpha value is -2.16.